The normalized spacial score (nSPS) is 13.2. The lowest BCUT2D eigenvalue weighted by molar-refractivity contribution is 0.204. The van der Waals surface area contributed by atoms with Crippen molar-refractivity contribution in [1.29, 1.82) is 0 Å². The highest BCUT2D eigenvalue weighted by Crippen LogP contribution is 2.13. The summed E-state index contributed by atoms with van der Waals surface area (Å²) in [7, 11) is 0. The number of hydrogen-bond donors (Lipinski definition) is 1. The molecular weight excluding hydrogens is 232 g/mol. The first-order valence-electron chi connectivity index (χ1n) is 7.61. The molecule has 0 aromatic heterocycles. The molecule has 0 fully saturated rings. The molecule has 0 amide bonds. The quantitative estimate of drug-likeness (QED) is 0.736. The largest absolute Gasteiger partial charge is 0.330 e. The van der Waals surface area contributed by atoms with E-state index in [2.05, 4.69) is 56.0 Å². The third-order valence-electron chi connectivity index (χ3n) is 3.76. The number of rotatable bonds is 9. The van der Waals surface area contributed by atoms with E-state index in [0.717, 1.165) is 25.4 Å². The van der Waals surface area contributed by atoms with Crippen molar-refractivity contribution in [3.63, 3.8) is 0 Å². The van der Waals surface area contributed by atoms with E-state index in [1.165, 1.54) is 24.9 Å². The summed E-state index contributed by atoms with van der Waals surface area (Å²) in [5.74, 6) is 0.760. The minimum atomic E-state index is 0.602. The van der Waals surface area contributed by atoms with Gasteiger partial charge in [0.25, 0.3) is 0 Å². The van der Waals surface area contributed by atoms with Crippen LogP contribution in [0.15, 0.2) is 30.3 Å². The fourth-order valence-corrected chi connectivity index (χ4v) is 2.41. The molecule has 0 bridgehead atoms. The van der Waals surface area contributed by atoms with E-state index in [0.29, 0.717) is 6.04 Å². The molecule has 0 radical (unpaired) electrons. The van der Waals surface area contributed by atoms with Crippen LogP contribution in [0.2, 0.25) is 0 Å². The monoisotopic (exact) mass is 262 g/mol. The average molecular weight is 262 g/mol. The van der Waals surface area contributed by atoms with Gasteiger partial charge in [0.2, 0.25) is 0 Å². The van der Waals surface area contributed by atoms with Crippen LogP contribution in [-0.4, -0.2) is 24.0 Å². The van der Waals surface area contributed by atoms with Crippen molar-refractivity contribution < 1.29 is 0 Å². The second-order valence-electron chi connectivity index (χ2n) is 5.87. The van der Waals surface area contributed by atoms with Crippen molar-refractivity contribution in [2.45, 2.75) is 52.6 Å². The van der Waals surface area contributed by atoms with Gasteiger partial charge in [0.15, 0.2) is 0 Å². The molecule has 2 heteroatoms. The first-order chi connectivity index (χ1) is 9.13. The summed E-state index contributed by atoms with van der Waals surface area (Å²) in [5, 5.41) is 0. The van der Waals surface area contributed by atoms with Gasteiger partial charge in [-0.2, -0.15) is 0 Å². The highest BCUT2D eigenvalue weighted by molar-refractivity contribution is 5.14. The van der Waals surface area contributed by atoms with Crippen LogP contribution < -0.4 is 5.73 Å². The SMILES string of the molecule is CC(CCN)CCCN(Cc1ccccc1)C(C)C. The van der Waals surface area contributed by atoms with E-state index >= 15 is 0 Å². The number of nitrogens with two attached hydrogens (primary N) is 1. The van der Waals surface area contributed by atoms with Crippen molar-refractivity contribution in [3.05, 3.63) is 35.9 Å². The fraction of sp³-hybridized carbons (Fsp3) is 0.647. The molecule has 1 aromatic carbocycles. The molecule has 1 rings (SSSR count). The second-order valence-corrected chi connectivity index (χ2v) is 5.87. The Kier molecular flexibility index (Phi) is 7.76. The van der Waals surface area contributed by atoms with Crippen LogP contribution in [0.4, 0.5) is 0 Å². The van der Waals surface area contributed by atoms with Crippen molar-refractivity contribution >= 4 is 0 Å². The van der Waals surface area contributed by atoms with Gasteiger partial charge in [-0.1, -0.05) is 37.3 Å². The molecular formula is C17H30N2. The molecule has 0 aliphatic rings. The lowest BCUT2D eigenvalue weighted by atomic mass is 10.0. The molecule has 0 spiro atoms. The molecule has 19 heavy (non-hydrogen) atoms. The summed E-state index contributed by atoms with van der Waals surface area (Å²) < 4.78 is 0. The van der Waals surface area contributed by atoms with Gasteiger partial charge < -0.3 is 5.73 Å². The van der Waals surface area contributed by atoms with E-state index in [9.17, 15) is 0 Å². The first-order valence-corrected chi connectivity index (χ1v) is 7.61. The molecule has 0 aliphatic carbocycles. The minimum absolute atomic E-state index is 0.602. The zero-order valence-electron chi connectivity index (χ0n) is 12.8. The van der Waals surface area contributed by atoms with Gasteiger partial charge in [-0.25, -0.2) is 0 Å². The molecule has 0 heterocycles. The fourth-order valence-electron chi connectivity index (χ4n) is 2.41. The molecule has 108 valence electrons. The number of nitrogens with zero attached hydrogens (tertiary/aromatic N) is 1. The summed E-state index contributed by atoms with van der Waals surface area (Å²) in [6.07, 6.45) is 3.71. The van der Waals surface area contributed by atoms with Gasteiger partial charge in [0.1, 0.15) is 0 Å². The zero-order valence-corrected chi connectivity index (χ0v) is 12.8. The van der Waals surface area contributed by atoms with Crippen LogP contribution >= 0.6 is 0 Å². The van der Waals surface area contributed by atoms with Crippen molar-refractivity contribution in [1.82, 2.24) is 4.90 Å². The first kappa shape index (κ1) is 16.2. The van der Waals surface area contributed by atoms with Crippen LogP contribution in [0.25, 0.3) is 0 Å². The van der Waals surface area contributed by atoms with Crippen molar-refractivity contribution in [3.8, 4) is 0 Å². The van der Waals surface area contributed by atoms with Crippen LogP contribution in [0.5, 0.6) is 0 Å². The molecule has 0 saturated heterocycles. The second kappa shape index (κ2) is 9.11. The highest BCUT2D eigenvalue weighted by atomic mass is 15.1. The maximum absolute atomic E-state index is 5.60. The highest BCUT2D eigenvalue weighted by Gasteiger charge is 2.10. The Hall–Kier alpha value is -0.860. The van der Waals surface area contributed by atoms with E-state index in [-0.39, 0.29) is 0 Å². The predicted molar refractivity (Wildman–Crippen MR) is 84.1 cm³/mol. The van der Waals surface area contributed by atoms with Crippen LogP contribution in [0.3, 0.4) is 0 Å². The van der Waals surface area contributed by atoms with Gasteiger partial charge in [-0.05, 0) is 57.7 Å². The lowest BCUT2D eigenvalue weighted by Gasteiger charge is -2.27. The maximum atomic E-state index is 5.60. The molecule has 1 aromatic rings. The predicted octanol–water partition coefficient (Wildman–Crippen LogP) is 3.66. The molecule has 0 aliphatic heterocycles. The maximum Gasteiger partial charge on any atom is 0.0236 e. The third kappa shape index (κ3) is 6.74. The van der Waals surface area contributed by atoms with Gasteiger partial charge >= 0.3 is 0 Å². The summed E-state index contributed by atoms with van der Waals surface area (Å²) >= 11 is 0. The van der Waals surface area contributed by atoms with Gasteiger partial charge in [0, 0.05) is 12.6 Å². The standard InChI is InChI=1S/C17H30N2/c1-15(2)19(13-7-8-16(3)11-12-18)14-17-9-5-4-6-10-17/h4-6,9-10,15-16H,7-8,11-14,18H2,1-3H3. The Morgan fingerprint density at radius 2 is 1.74 bits per heavy atom. The Labute approximate surface area is 119 Å². The molecule has 1 atom stereocenters. The van der Waals surface area contributed by atoms with Gasteiger partial charge in [-0.15, -0.1) is 0 Å². The summed E-state index contributed by atoms with van der Waals surface area (Å²) in [5.41, 5.74) is 7.01. The molecule has 1 unspecified atom stereocenters. The van der Waals surface area contributed by atoms with Crippen molar-refractivity contribution in [2.75, 3.05) is 13.1 Å². The summed E-state index contributed by atoms with van der Waals surface area (Å²) in [6.45, 7) is 9.94. The number of benzene rings is 1. The van der Waals surface area contributed by atoms with Crippen molar-refractivity contribution in [2.24, 2.45) is 11.7 Å². The van der Waals surface area contributed by atoms with Gasteiger partial charge in [0.05, 0.1) is 0 Å². The van der Waals surface area contributed by atoms with Crippen LogP contribution in [0.1, 0.15) is 45.6 Å². The van der Waals surface area contributed by atoms with E-state index < -0.39 is 0 Å². The van der Waals surface area contributed by atoms with Crippen LogP contribution in [0, 0.1) is 5.92 Å². The Morgan fingerprint density at radius 1 is 1.05 bits per heavy atom. The smallest absolute Gasteiger partial charge is 0.0236 e. The van der Waals surface area contributed by atoms with E-state index in [1.54, 1.807) is 0 Å². The molecule has 0 saturated carbocycles. The summed E-state index contributed by atoms with van der Waals surface area (Å²) in [6, 6.07) is 11.4. The molecule has 2 nitrogen and oxygen atoms in total. The average Bonchev–Trinajstić information content (AvgIpc) is 2.39. The van der Waals surface area contributed by atoms with Gasteiger partial charge in [-0.3, -0.25) is 4.90 Å². The zero-order chi connectivity index (χ0) is 14.1. The minimum Gasteiger partial charge on any atom is -0.330 e. The summed E-state index contributed by atoms with van der Waals surface area (Å²) in [4.78, 5) is 2.56. The molecule has 2 N–H and O–H groups in total. The Balaban J connectivity index is 2.37. The third-order valence-corrected chi connectivity index (χ3v) is 3.76. The van der Waals surface area contributed by atoms with E-state index in [4.69, 9.17) is 5.73 Å². The number of hydrogen-bond acceptors (Lipinski definition) is 2. The lowest BCUT2D eigenvalue weighted by Crippen LogP contribution is -2.31. The topological polar surface area (TPSA) is 29.3 Å². The Bertz CT molecular complexity index is 321. The van der Waals surface area contributed by atoms with E-state index in [1.807, 2.05) is 0 Å². The Morgan fingerprint density at radius 3 is 2.32 bits per heavy atom. The van der Waals surface area contributed by atoms with Crippen LogP contribution in [-0.2, 0) is 6.54 Å².